The van der Waals surface area contributed by atoms with Crippen LogP contribution in [0.2, 0.25) is 0 Å². The van der Waals surface area contributed by atoms with Crippen LogP contribution in [-0.2, 0) is 19.1 Å². The van der Waals surface area contributed by atoms with Gasteiger partial charge in [0.15, 0.2) is 5.78 Å². The molecule has 43 heavy (non-hydrogen) atoms. The number of hydrogen-bond acceptors (Lipinski definition) is 8. The Morgan fingerprint density at radius 1 is 0.930 bits per heavy atom. The third kappa shape index (κ3) is 6.28. The number of fused-ring (bicyclic) bond motifs is 3. The molecule has 240 valence electrons. The number of carbonyl (C=O) groups excluding carboxylic acids is 2. The Bertz CT molecular complexity index is 1030. The summed E-state index contributed by atoms with van der Waals surface area (Å²) in [5.41, 5.74) is 0.213. The van der Waals surface area contributed by atoms with E-state index in [9.17, 15) is 9.59 Å². The topological polar surface area (TPSA) is 86.4 Å². The number of alkyl halides is 1. The smallest absolute Gasteiger partial charge is 0.256 e. The summed E-state index contributed by atoms with van der Waals surface area (Å²) in [5, 5.41) is 6.59. The first-order chi connectivity index (χ1) is 21.1. The number of Topliss-reactive ketones (excluding diaryl/α,β-unsaturated/α-hetero) is 1. The van der Waals surface area contributed by atoms with E-state index in [1.165, 1.54) is 38.5 Å². The number of halogens is 1. The van der Waals surface area contributed by atoms with Gasteiger partial charge in [0.25, 0.3) is 5.91 Å². The maximum absolute atomic E-state index is 16.1. The second-order valence-electron chi connectivity index (χ2n) is 14.3. The first kappa shape index (κ1) is 30.1. The first-order valence-electron chi connectivity index (χ1n) is 17.4. The number of carbonyl (C=O) groups is 2. The molecule has 4 heterocycles. The fraction of sp³-hybridized carbons (Fsp3) is 0.879. The number of amides is 1. The van der Waals surface area contributed by atoms with Crippen LogP contribution in [0.25, 0.3) is 0 Å². The molecule has 7 aliphatic rings. The minimum absolute atomic E-state index is 0.0108. The van der Waals surface area contributed by atoms with Crippen molar-refractivity contribution in [3.8, 4) is 0 Å². The van der Waals surface area contributed by atoms with E-state index in [2.05, 4.69) is 25.3 Å². The number of nitrogens with one attached hydrogen (secondary N) is 2. The fourth-order valence-corrected chi connectivity index (χ4v) is 9.51. The van der Waals surface area contributed by atoms with Crippen LogP contribution >= 0.6 is 0 Å². The van der Waals surface area contributed by atoms with Crippen molar-refractivity contribution in [1.82, 2.24) is 25.3 Å². The number of likely N-dealkylation sites (tertiary alicyclic amines) is 1. The fourth-order valence-electron chi connectivity index (χ4n) is 9.51. The zero-order valence-electron chi connectivity index (χ0n) is 25.8. The number of hydrogen-bond donors (Lipinski definition) is 2. The lowest BCUT2D eigenvalue weighted by molar-refractivity contribution is -0.208. The zero-order valence-corrected chi connectivity index (χ0v) is 25.8. The molecule has 1 amide bonds. The molecule has 3 aliphatic carbocycles. The summed E-state index contributed by atoms with van der Waals surface area (Å²) in [7, 11) is 0. The monoisotopic (exact) mass is 601 g/mol. The van der Waals surface area contributed by atoms with Gasteiger partial charge in [-0.2, -0.15) is 0 Å². The molecular weight excluding hydrogens is 549 g/mol. The molecular formula is C33H52FN5O4. The van der Waals surface area contributed by atoms with Gasteiger partial charge < -0.3 is 29.9 Å². The van der Waals surface area contributed by atoms with Gasteiger partial charge in [-0.3, -0.25) is 14.5 Å². The molecule has 6 fully saturated rings. The molecule has 0 bridgehead atoms. The second-order valence-corrected chi connectivity index (χ2v) is 14.3. The molecule has 7 rings (SSSR count). The standard InChI is InChI=1S/C33H52FN5O4/c34-26-20-24-30-32(29(26)35-9-13-37-10-3-4-11-37)43-28-19-23-7-2-1-6-22(23)18-27(28)39(30)21-25(31(24)40)33(41)36-8-5-12-38-14-16-42-17-15-38/h21-24,26-30,32,35H,1-20H2,(H,36,41). The van der Waals surface area contributed by atoms with Crippen molar-refractivity contribution >= 4 is 11.7 Å². The normalized spacial score (nSPS) is 39.9. The third-order valence-electron chi connectivity index (χ3n) is 11.8. The van der Waals surface area contributed by atoms with Gasteiger partial charge in [-0.15, -0.1) is 0 Å². The van der Waals surface area contributed by atoms with Crippen LogP contribution in [0, 0.1) is 17.8 Å². The molecule has 2 N–H and O–H groups in total. The van der Waals surface area contributed by atoms with E-state index < -0.39 is 24.2 Å². The van der Waals surface area contributed by atoms with Gasteiger partial charge in [0.05, 0.1) is 49.1 Å². The molecule has 0 radical (unpaired) electrons. The Kier molecular flexibility index (Phi) is 9.38. The predicted molar refractivity (Wildman–Crippen MR) is 161 cm³/mol. The van der Waals surface area contributed by atoms with Crippen LogP contribution in [0.5, 0.6) is 0 Å². The van der Waals surface area contributed by atoms with Gasteiger partial charge in [0.2, 0.25) is 0 Å². The number of morpholine rings is 2. The Hall–Kier alpha value is -1.59. The van der Waals surface area contributed by atoms with Gasteiger partial charge in [-0.1, -0.05) is 25.7 Å². The molecule has 0 aromatic rings. The number of nitrogens with zero attached hydrogens (tertiary/aromatic N) is 3. The Morgan fingerprint density at radius 3 is 2.47 bits per heavy atom. The quantitative estimate of drug-likeness (QED) is 0.307. The van der Waals surface area contributed by atoms with Crippen LogP contribution in [0.15, 0.2) is 11.8 Å². The van der Waals surface area contributed by atoms with Gasteiger partial charge in [-0.05, 0) is 70.0 Å². The van der Waals surface area contributed by atoms with E-state index in [4.69, 9.17) is 9.47 Å². The molecule has 10 heteroatoms. The largest absolute Gasteiger partial charge is 0.379 e. The molecule has 0 aromatic carbocycles. The van der Waals surface area contributed by atoms with E-state index in [-0.39, 0.29) is 41.9 Å². The summed E-state index contributed by atoms with van der Waals surface area (Å²) in [6, 6.07) is -0.516. The van der Waals surface area contributed by atoms with E-state index in [0.717, 1.165) is 78.3 Å². The summed E-state index contributed by atoms with van der Waals surface area (Å²) < 4.78 is 28.4. The van der Waals surface area contributed by atoms with Crippen LogP contribution < -0.4 is 10.6 Å². The van der Waals surface area contributed by atoms with Gasteiger partial charge in [0, 0.05) is 44.8 Å². The molecule has 4 aliphatic heterocycles. The molecule has 3 saturated carbocycles. The highest BCUT2D eigenvalue weighted by atomic mass is 19.1. The van der Waals surface area contributed by atoms with Crippen LogP contribution in [0.3, 0.4) is 0 Å². The van der Waals surface area contributed by atoms with Crippen molar-refractivity contribution in [2.75, 3.05) is 65.6 Å². The molecule has 9 atom stereocenters. The first-order valence-corrected chi connectivity index (χ1v) is 17.4. The Balaban J connectivity index is 1.08. The number of ether oxygens (including phenoxy) is 2. The third-order valence-corrected chi connectivity index (χ3v) is 11.8. The molecule has 0 aromatic heterocycles. The lowest BCUT2D eigenvalue weighted by Crippen LogP contribution is -2.73. The summed E-state index contributed by atoms with van der Waals surface area (Å²) in [6.07, 6.45) is 10.9. The Labute approximate surface area is 256 Å². The van der Waals surface area contributed by atoms with Crippen LogP contribution in [0.4, 0.5) is 4.39 Å². The van der Waals surface area contributed by atoms with E-state index in [1.807, 2.05) is 6.20 Å². The van der Waals surface area contributed by atoms with Gasteiger partial charge >= 0.3 is 0 Å². The highest BCUT2D eigenvalue weighted by molar-refractivity contribution is 6.20. The van der Waals surface area contributed by atoms with E-state index in [0.29, 0.717) is 18.4 Å². The van der Waals surface area contributed by atoms with Crippen molar-refractivity contribution in [3.63, 3.8) is 0 Å². The highest BCUT2D eigenvalue weighted by Gasteiger charge is 2.59. The van der Waals surface area contributed by atoms with Gasteiger partial charge in [-0.25, -0.2) is 4.39 Å². The second kappa shape index (κ2) is 13.4. The molecule has 9 nitrogen and oxygen atoms in total. The van der Waals surface area contributed by atoms with Gasteiger partial charge in [0.1, 0.15) is 6.17 Å². The molecule has 0 spiro atoms. The van der Waals surface area contributed by atoms with E-state index >= 15 is 4.39 Å². The zero-order chi connectivity index (χ0) is 29.3. The average Bonchev–Trinajstić information content (AvgIpc) is 3.55. The number of rotatable bonds is 9. The Morgan fingerprint density at radius 2 is 1.67 bits per heavy atom. The average molecular weight is 602 g/mol. The van der Waals surface area contributed by atoms with Crippen LogP contribution in [0.1, 0.15) is 64.2 Å². The van der Waals surface area contributed by atoms with Crippen molar-refractivity contribution in [1.29, 1.82) is 0 Å². The van der Waals surface area contributed by atoms with Crippen molar-refractivity contribution in [2.45, 2.75) is 101 Å². The van der Waals surface area contributed by atoms with E-state index in [1.54, 1.807) is 0 Å². The lowest BCUT2D eigenvalue weighted by atomic mass is 9.65. The maximum atomic E-state index is 16.1. The van der Waals surface area contributed by atoms with Crippen molar-refractivity contribution in [2.24, 2.45) is 17.8 Å². The maximum Gasteiger partial charge on any atom is 0.256 e. The lowest BCUT2D eigenvalue weighted by Gasteiger charge is -2.61. The summed E-state index contributed by atoms with van der Waals surface area (Å²) in [5.74, 6) is 0.268. The summed E-state index contributed by atoms with van der Waals surface area (Å²) in [4.78, 5) is 34.5. The van der Waals surface area contributed by atoms with Crippen molar-refractivity contribution < 1.29 is 23.5 Å². The SMILES string of the molecule is O=C(NCCCN1CCOCC1)C1=CN2C3CC4CCCCC4CC3OC3C(NCCN4CCCC4)C(F)CC(C1=O)C32. The minimum Gasteiger partial charge on any atom is -0.379 e. The molecule has 3 saturated heterocycles. The predicted octanol–water partition coefficient (Wildman–Crippen LogP) is 2.11. The molecule has 9 unspecified atom stereocenters. The summed E-state index contributed by atoms with van der Waals surface area (Å²) >= 11 is 0. The minimum atomic E-state index is -1.19. The summed E-state index contributed by atoms with van der Waals surface area (Å²) in [6.45, 7) is 8.64. The van der Waals surface area contributed by atoms with Crippen LogP contribution in [-0.4, -0.2) is 128 Å². The number of ketones is 1. The van der Waals surface area contributed by atoms with Crippen molar-refractivity contribution in [3.05, 3.63) is 11.8 Å². The highest BCUT2D eigenvalue weighted by Crippen LogP contribution is 2.50.